The zero-order valence-corrected chi connectivity index (χ0v) is 19.0. The molecule has 1 aromatic heterocycles. The third kappa shape index (κ3) is 8.51. The maximum atomic E-state index is 12.5. The van der Waals surface area contributed by atoms with Gasteiger partial charge in [0.25, 0.3) is 0 Å². The van der Waals surface area contributed by atoms with Crippen LogP contribution in [0.1, 0.15) is 63.9 Å². The monoisotopic (exact) mass is 430 g/mol. The van der Waals surface area contributed by atoms with E-state index in [4.69, 9.17) is 15.0 Å². The van der Waals surface area contributed by atoms with Gasteiger partial charge in [-0.3, -0.25) is 9.59 Å². The second-order valence-corrected chi connectivity index (χ2v) is 9.27. The van der Waals surface area contributed by atoms with E-state index >= 15 is 0 Å². The fourth-order valence-electron chi connectivity index (χ4n) is 2.87. The van der Waals surface area contributed by atoms with Crippen LogP contribution < -0.4 is 16.4 Å². The first kappa shape index (κ1) is 24.6. The molecule has 170 valence electrons. The molecule has 0 aliphatic heterocycles. The second-order valence-electron chi connectivity index (χ2n) is 9.27. The van der Waals surface area contributed by atoms with E-state index in [0.717, 1.165) is 11.1 Å². The molecule has 0 saturated heterocycles. The quantitative estimate of drug-likeness (QED) is 0.533. The smallest absolute Gasteiger partial charge is 0.240 e. The molecule has 0 fully saturated rings. The van der Waals surface area contributed by atoms with Gasteiger partial charge in [0.2, 0.25) is 11.8 Å². The first-order chi connectivity index (χ1) is 14.5. The van der Waals surface area contributed by atoms with E-state index in [1.54, 1.807) is 13.8 Å². The van der Waals surface area contributed by atoms with Gasteiger partial charge in [0, 0.05) is 17.5 Å². The molecular formula is C23H34N4O4. The number of nitrogens with zero attached hydrogens (tertiary/aromatic N) is 1. The Kier molecular flexibility index (Phi) is 8.36. The number of carbonyl (C=O) groups is 2. The van der Waals surface area contributed by atoms with Gasteiger partial charge in [-0.15, -0.1) is 0 Å². The number of benzene rings is 1. The fraction of sp³-hybridized carbons (Fsp3) is 0.522. The number of aromatic nitrogens is 1. The molecule has 0 aliphatic rings. The van der Waals surface area contributed by atoms with Crippen molar-refractivity contribution in [1.82, 2.24) is 15.8 Å². The first-order valence-corrected chi connectivity index (χ1v) is 10.4. The summed E-state index contributed by atoms with van der Waals surface area (Å²) < 4.78 is 11.0. The van der Waals surface area contributed by atoms with Crippen molar-refractivity contribution in [3.05, 3.63) is 53.4 Å². The number of aryl methyl sites for hydroxylation is 1. The van der Waals surface area contributed by atoms with Gasteiger partial charge in [-0.25, -0.2) is 0 Å². The molecular weight excluding hydrogens is 396 g/mol. The topological polar surface area (TPSA) is 119 Å². The molecule has 8 heteroatoms. The molecule has 1 heterocycles. The Morgan fingerprint density at radius 2 is 1.84 bits per heavy atom. The van der Waals surface area contributed by atoms with Gasteiger partial charge in [-0.1, -0.05) is 35.5 Å². The molecule has 1 atom stereocenters. The summed E-state index contributed by atoms with van der Waals surface area (Å²) in [5, 5.41) is 9.92. The summed E-state index contributed by atoms with van der Waals surface area (Å²) >= 11 is 0. The third-order valence-corrected chi connectivity index (χ3v) is 4.43. The zero-order valence-electron chi connectivity index (χ0n) is 19.0. The average molecular weight is 431 g/mol. The summed E-state index contributed by atoms with van der Waals surface area (Å²) in [7, 11) is 0. The van der Waals surface area contributed by atoms with E-state index < -0.39 is 11.6 Å². The lowest BCUT2D eigenvalue weighted by atomic mass is 10.0. The van der Waals surface area contributed by atoms with Crippen LogP contribution in [0.5, 0.6) is 0 Å². The number of amides is 2. The average Bonchev–Trinajstić information content (AvgIpc) is 3.12. The largest absolute Gasteiger partial charge is 0.374 e. The Morgan fingerprint density at radius 1 is 1.16 bits per heavy atom. The molecule has 0 bridgehead atoms. The lowest BCUT2D eigenvalue weighted by Crippen LogP contribution is -2.50. The van der Waals surface area contributed by atoms with Crippen molar-refractivity contribution in [1.29, 1.82) is 0 Å². The summed E-state index contributed by atoms with van der Waals surface area (Å²) in [6.45, 7) is 9.63. The van der Waals surface area contributed by atoms with Crippen LogP contribution in [0.25, 0.3) is 0 Å². The predicted octanol–water partition coefficient (Wildman–Crippen LogP) is 2.63. The number of nitrogens with one attached hydrogen (secondary N) is 2. The molecule has 0 aliphatic carbocycles. The van der Waals surface area contributed by atoms with Crippen molar-refractivity contribution in [2.75, 3.05) is 6.61 Å². The van der Waals surface area contributed by atoms with E-state index in [0.29, 0.717) is 18.7 Å². The van der Waals surface area contributed by atoms with E-state index in [-0.39, 0.29) is 30.4 Å². The first-order valence-electron chi connectivity index (χ1n) is 10.4. The van der Waals surface area contributed by atoms with Crippen molar-refractivity contribution < 1.29 is 18.8 Å². The van der Waals surface area contributed by atoms with Crippen LogP contribution in [-0.4, -0.2) is 34.7 Å². The highest BCUT2D eigenvalue weighted by Crippen LogP contribution is 2.20. The lowest BCUT2D eigenvalue weighted by molar-refractivity contribution is -0.126. The minimum Gasteiger partial charge on any atom is -0.374 e. The normalized spacial score (nSPS) is 13.0. The highest BCUT2D eigenvalue weighted by atomic mass is 16.5. The lowest BCUT2D eigenvalue weighted by Gasteiger charge is -2.24. The van der Waals surface area contributed by atoms with Crippen molar-refractivity contribution in [3.63, 3.8) is 0 Å². The van der Waals surface area contributed by atoms with E-state index in [1.165, 1.54) is 6.26 Å². The van der Waals surface area contributed by atoms with Gasteiger partial charge in [0.15, 0.2) is 0 Å². The third-order valence-electron chi connectivity index (χ3n) is 4.43. The number of nitrogens with two attached hydrogens (primary N) is 1. The molecule has 8 nitrogen and oxygen atoms in total. The summed E-state index contributed by atoms with van der Waals surface area (Å²) in [5.41, 5.74) is 6.88. The number of carbonyl (C=O) groups excluding carboxylic acids is 2. The van der Waals surface area contributed by atoms with Gasteiger partial charge in [0.05, 0.1) is 24.8 Å². The Balaban J connectivity index is 2.09. The Hall–Kier alpha value is -2.71. The number of ether oxygens (including phenoxy) is 1. The molecule has 2 aromatic rings. The van der Waals surface area contributed by atoms with Crippen LogP contribution in [0.3, 0.4) is 0 Å². The zero-order chi connectivity index (χ0) is 23.1. The molecule has 1 aromatic carbocycles. The van der Waals surface area contributed by atoms with Gasteiger partial charge in [-0.05, 0) is 46.6 Å². The van der Waals surface area contributed by atoms with Crippen LogP contribution in [0.4, 0.5) is 0 Å². The minimum atomic E-state index is -1.06. The van der Waals surface area contributed by atoms with Crippen molar-refractivity contribution in [2.24, 2.45) is 5.73 Å². The van der Waals surface area contributed by atoms with Gasteiger partial charge in [-0.2, -0.15) is 0 Å². The summed E-state index contributed by atoms with van der Waals surface area (Å²) in [6, 6.07) is 9.18. The van der Waals surface area contributed by atoms with E-state index in [2.05, 4.69) is 15.8 Å². The van der Waals surface area contributed by atoms with E-state index in [9.17, 15) is 9.59 Å². The molecule has 0 spiro atoms. The van der Waals surface area contributed by atoms with Gasteiger partial charge < -0.3 is 25.6 Å². The van der Waals surface area contributed by atoms with Crippen molar-refractivity contribution in [2.45, 2.75) is 71.2 Å². The minimum absolute atomic E-state index is 0.0661. The Labute approximate surface area is 183 Å². The molecule has 0 radical (unpaired) electrons. The standard InChI is InChI=1S/C23H34N4O4/c1-22(2,3)26-19(28)12-11-17-14-31-27-20(17)18(25-21(29)23(4,5)24)15-30-13-16-9-7-6-8-10-16/h6-10,14,18H,11-13,15,24H2,1-5H3,(H,25,29)(H,26,28). The predicted molar refractivity (Wildman–Crippen MR) is 118 cm³/mol. The van der Waals surface area contributed by atoms with Gasteiger partial charge >= 0.3 is 0 Å². The molecule has 4 N–H and O–H groups in total. The van der Waals surface area contributed by atoms with Crippen LogP contribution in [-0.2, 0) is 27.4 Å². The summed E-state index contributed by atoms with van der Waals surface area (Å²) in [6.07, 6.45) is 2.21. The second kappa shape index (κ2) is 10.5. The SMILES string of the molecule is CC(C)(C)NC(=O)CCc1conc1C(COCc1ccccc1)NC(=O)C(C)(C)N. The Bertz CT molecular complexity index is 850. The molecule has 31 heavy (non-hydrogen) atoms. The molecule has 1 unspecified atom stereocenters. The highest BCUT2D eigenvalue weighted by Gasteiger charge is 2.28. The van der Waals surface area contributed by atoms with Crippen LogP contribution in [0.15, 0.2) is 41.1 Å². The van der Waals surface area contributed by atoms with Crippen LogP contribution in [0, 0.1) is 0 Å². The molecule has 2 rings (SSSR count). The Morgan fingerprint density at radius 3 is 2.45 bits per heavy atom. The highest BCUT2D eigenvalue weighted by molar-refractivity contribution is 5.85. The van der Waals surface area contributed by atoms with Crippen molar-refractivity contribution >= 4 is 11.8 Å². The summed E-state index contributed by atoms with van der Waals surface area (Å²) in [4.78, 5) is 24.7. The fourth-order valence-corrected chi connectivity index (χ4v) is 2.87. The van der Waals surface area contributed by atoms with Crippen LogP contribution in [0.2, 0.25) is 0 Å². The van der Waals surface area contributed by atoms with Crippen LogP contribution >= 0.6 is 0 Å². The molecule has 2 amide bonds. The maximum Gasteiger partial charge on any atom is 0.240 e. The summed E-state index contributed by atoms with van der Waals surface area (Å²) in [5.74, 6) is -0.399. The van der Waals surface area contributed by atoms with Crippen molar-refractivity contribution in [3.8, 4) is 0 Å². The number of rotatable bonds is 10. The number of hydrogen-bond acceptors (Lipinski definition) is 6. The van der Waals surface area contributed by atoms with E-state index in [1.807, 2.05) is 51.1 Å². The maximum absolute atomic E-state index is 12.5. The number of hydrogen-bond donors (Lipinski definition) is 3. The van der Waals surface area contributed by atoms with Gasteiger partial charge in [0.1, 0.15) is 12.0 Å². The molecule has 0 saturated carbocycles.